The average molecular weight is 402 g/mol. The molecular weight excluding hydrogens is 374 g/mol. The summed E-state index contributed by atoms with van der Waals surface area (Å²) in [4.78, 5) is 13.3. The summed E-state index contributed by atoms with van der Waals surface area (Å²) in [6.45, 7) is 4.52. The van der Waals surface area contributed by atoms with Crippen LogP contribution in [0.5, 0.6) is 11.5 Å². The molecule has 1 aliphatic heterocycles. The number of hydrogen-bond donors (Lipinski definition) is 1. The second-order valence-corrected chi connectivity index (χ2v) is 8.14. The minimum atomic E-state index is -0.479. The first-order chi connectivity index (χ1) is 14.6. The maximum absolute atomic E-state index is 13.3. The molecule has 1 N–H and O–H groups in total. The summed E-state index contributed by atoms with van der Waals surface area (Å²) in [5, 5.41) is 3.18. The molecule has 0 aromatic heterocycles. The summed E-state index contributed by atoms with van der Waals surface area (Å²) in [5.74, 6) is 1.51. The molecule has 1 fully saturated rings. The largest absolute Gasteiger partial charge is 0.454 e. The van der Waals surface area contributed by atoms with Crippen LogP contribution >= 0.6 is 0 Å². The molecule has 154 valence electrons. The van der Waals surface area contributed by atoms with Gasteiger partial charge in [0, 0.05) is 7.11 Å². The van der Waals surface area contributed by atoms with Crippen molar-refractivity contribution in [2.45, 2.75) is 38.5 Å². The Hall–Kier alpha value is -3.27. The third-order valence-electron chi connectivity index (χ3n) is 6.29. The molecule has 5 rings (SSSR count). The van der Waals surface area contributed by atoms with Crippen LogP contribution in [0, 0.1) is 6.92 Å². The number of carbonyl (C=O) groups is 1. The van der Waals surface area contributed by atoms with Crippen molar-refractivity contribution in [3.05, 3.63) is 77.4 Å². The first-order valence-corrected chi connectivity index (χ1v) is 10.5. The number of fused-ring (bicyclic) bond motifs is 1. The second kappa shape index (κ2) is 7.21. The van der Waals surface area contributed by atoms with Crippen molar-refractivity contribution in [2.75, 3.05) is 12.1 Å². The number of rotatable bonds is 5. The zero-order valence-electron chi connectivity index (χ0n) is 17.3. The summed E-state index contributed by atoms with van der Waals surface area (Å²) in [5.41, 5.74) is 6.25. The molecule has 0 spiro atoms. The van der Waals surface area contributed by atoms with E-state index in [1.807, 2.05) is 24.3 Å². The summed E-state index contributed by atoms with van der Waals surface area (Å²) in [6.07, 6.45) is 2.63. The summed E-state index contributed by atoms with van der Waals surface area (Å²) >= 11 is 0. The number of nitrogens with one attached hydrogen (secondary N) is 1. The fourth-order valence-corrected chi connectivity index (χ4v) is 4.31. The van der Waals surface area contributed by atoms with E-state index in [2.05, 4.69) is 55.6 Å². The smallest absolute Gasteiger partial charge is 0.235 e. The van der Waals surface area contributed by atoms with Crippen LogP contribution < -0.4 is 14.8 Å². The van der Waals surface area contributed by atoms with Gasteiger partial charge < -0.3 is 14.8 Å². The Kier molecular flexibility index (Phi) is 4.50. The van der Waals surface area contributed by atoms with E-state index in [9.17, 15) is 4.79 Å². The van der Waals surface area contributed by atoms with Gasteiger partial charge >= 0.3 is 0 Å². The lowest BCUT2D eigenvalue weighted by Crippen LogP contribution is -2.27. The van der Waals surface area contributed by atoms with Gasteiger partial charge in [-0.1, -0.05) is 43.3 Å². The van der Waals surface area contributed by atoms with Crippen LogP contribution in [0.25, 0.3) is 11.1 Å². The van der Waals surface area contributed by atoms with Crippen LogP contribution in [0.3, 0.4) is 0 Å². The number of carbonyl (C=O) groups excluding carboxylic acids is 1. The highest BCUT2D eigenvalue weighted by molar-refractivity contribution is 6.02. The van der Waals surface area contributed by atoms with E-state index in [0.29, 0.717) is 0 Å². The van der Waals surface area contributed by atoms with Gasteiger partial charge in [0.1, 0.15) is 0 Å². The van der Waals surface area contributed by atoms with Gasteiger partial charge in [0.05, 0.1) is 5.41 Å². The van der Waals surface area contributed by atoms with Crippen LogP contribution in [-0.4, -0.2) is 12.7 Å². The fourth-order valence-electron chi connectivity index (χ4n) is 4.31. The Morgan fingerprint density at radius 2 is 1.80 bits per heavy atom. The van der Waals surface area contributed by atoms with Gasteiger partial charge in [-0.15, -0.1) is 0 Å². The summed E-state index contributed by atoms with van der Waals surface area (Å²) < 4.78 is 10.9. The standard InChI is InChI=1S/C26H25NO3.H2/c1-3-18-8-10-20(15-22(18)21-7-5-4-6-17(21)2)27-25(28)26(12-13-26)19-9-11-23-24(14-19)30-16-29-23;/h4-11,14-15H,3,12-13,16H2,1-2H3,(H,27,28);1H. The SMILES string of the molecule is CCc1ccc(NC(=O)C2(c3ccc4c(c3)OCO4)CC2)cc1-c1ccccc1C.[HH]. The number of hydrogen-bond acceptors (Lipinski definition) is 3. The molecule has 0 radical (unpaired) electrons. The lowest BCUT2D eigenvalue weighted by atomic mass is 9.93. The Balaban J connectivity index is 0.00000231. The molecule has 3 aromatic rings. The molecule has 1 saturated carbocycles. The number of benzene rings is 3. The first kappa shape index (κ1) is 18.7. The van der Waals surface area contributed by atoms with Crippen molar-refractivity contribution in [2.24, 2.45) is 0 Å². The third kappa shape index (κ3) is 3.13. The quantitative estimate of drug-likeness (QED) is 0.582. The Morgan fingerprint density at radius 3 is 2.57 bits per heavy atom. The van der Waals surface area contributed by atoms with E-state index >= 15 is 0 Å². The highest BCUT2D eigenvalue weighted by atomic mass is 16.7. The van der Waals surface area contributed by atoms with Crippen LogP contribution in [0.1, 0.15) is 37.9 Å². The highest BCUT2D eigenvalue weighted by Crippen LogP contribution is 2.51. The normalized spacial score (nSPS) is 15.7. The van der Waals surface area contributed by atoms with Crippen LogP contribution in [-0.2, 0) is 16.6 Å². The van der Waals surface area contributed by atoms with Crippen molar-refractivity contribution in [1.82, 2.24) is 0 Å². The van der Waals surface area contributed by atoms with Crippen molar-refractivity contribution in [3.63, 3.8) is 0 Å². The first-order valence-electron chi connectivity index (χ1n) is 10.5. The zero-order valence-corrected chi connectivity index (χ0v) is 17.3. The minimum absolute atomic E-state index is 0. The van der Waals surface area contributed by atoms with Crippen molar-refractivity contribution in [1.29, 1.82) is 0 Å². The molecule has 4 heteroatoms. The monoisotopic (exact) mass is 401 g/mol. The Bertz CT molecular complexity index is 1140. The average Bonchev–Trinajstić information content (AvgIpc) is 3.45. The molecule has 30 heavy (non-hydrogen) atoms. The molecular formula is C26H27NO3. The van der Waals surface area contributed by atoms with Crippen molar-refractivity contribution in [3.8, 4) is 22.6 Å². The van der Waals surface area contributed by atoms with Crippen LogP contribution in [0.2, 0.25) is 0 Å². The highest BCUT2D eigenvalue weighted by Gasteiger charge is 2.51. The van der Waals surface area contributed by atoms with Gasteiger partial charge in [-0.25, -0.2) is 0 Å². The van der Waals surface area contributed by atoms with E-state index < -0.39 is 5.41 Å². The molecule has 2 aliphatic rings. The fraction of sp³-hybridized carbons (Fsp3) is 0.269. The van der Waals surface area contributed by atoms with Crippen LogP contribution in [0.4, 0.5) is 5.69 Å². The number of anilines is 1. The molecule has 0 atom stereocenters. The molecule has 0 bridgehead atoms. The molecule has 1 aliphatic carbocycles. The molecule has 4 nitrogen and oxygen atoms in total. The van der Waals surface area contributed by atoms with Gasteiger partial charge in [0.15, 0.2) is 11.5 Å². The van der Waals surface area contributed by atoms with E-state index in [0.717, 1.165) is 42.0 Å². The predicted octanol–water partition coefficient (Wildman–Crippen LogP) is 5.87. The van der Waals surface area contributed by atoms with Crippen molar-refractivity contribution < 1.29 is 15.7 Å². The van der Waals surface area contributed by atoms with Crippen molar-refractivity contribution >= 4 is 11.6 Å². The third-order valence-corrected chi connectivity index (χ3v) is 6.29. The molecule has 1 heterocycles. The number of ether oxygens (including phenoxy) is 2. The Labute approximate surface area is 178 Å². The van der Waals surface area contributed by atoms with E-state index in [4.69, 9.17) is 9.47 Å². The van der Waals surface area contributed by atoms with E-state index in [-0.39, 0.29) is 14.1 Å². The molecule has 0 unspecified atom stereocenters. The lowest BCUT2D eigenvalue weighted by Gasteiger charge is -2.18. The van der Waals surface area contributed by atoms with Gasteiger partial charge in [-0.2, -0.15) is 0 Å². The minimum Gasteiger partial charge on any atom is -0.454 e. The topological polar surface area (TPSA) is 47.6 Å². The van der Waals surface area contributed by atoms with Gasteiger partial charge in [0.2, 0.25) is 12.7 Å². The number of aryl methyl sites for hydroxylation is 2. The molecule has 1 amide bonds. The maximum Gasteiger partial charge on any atom is 0.235 e. The maximum atomic E-state index is 13.3. The zero-order chi connectivity index (χ0) is 20.7. The predicted molar refractivity (Wildman–Crippen MR) is 120 cm³/mol. The van der Waals surface area contributed by atoms with Gasteiger partial charge in [-0.3, -0.25) is 4.79 Å². The van der Waals surface area contributed by atoms with E-state index in [1.165, 1.54) is 22.3 Å². The van der Waals surface area contributed by atoms with Gasteiger partial charge in [0.25, 0.3) is 0 Å². The second-order valence-electron chi connectivity index (χ2n) is 8.14. The number of amides is 1. The summed E-state index contributed by atoms with van der Waals surface area (Å²) in [7, 11) is 0. The van der Waals surface area contributed by atoms with Crippen LogP contribution in [0.15, 0.2) is 60.7 Å². The lowest BCUT2D eigenvalue weighted by molar-refractivity contribution is -0.118. The summed E-state index contributed by atoms with van der Waals surface area (Å²) in [6, 6.07) is 20.5. The molecule has 0 saturated heterocycles. The Morgan fingerprint density at radius 1 is 1.00 bits per heavy atom. The molecule has 3 aromatic carbocycles. The van der Waals surface area contributed by atoms with E-state index in [1.54, 1.807) is 0 Å². The van der Waals surface area contributed by atoms with Gasteiger partial charge in [-0.05, 0) is 78.3 Å².